The molecule has 0 aliphatic rings. The van der Waals surface area contributed by atoms with Crippen molar-refractivity contribution in [1.29, 1.82) is 0 Å². The molecule has 0 aliphatic heterocycles. The number of rotatable bonds is 4. The third-order valence-electron chi connectivity index (χ3n) is 3.46. The van der Waals surface area contributed by atoms with Crippen LogP contribution in [0.5, 0.6) is 0 Å². The molecule has 3 nitrogen and oxygen atoms in total. The van der Waals surface area contributed by atoms with Crippen molar-refractivity contribution in [3.8, 4) is 0 Å². The van der Waals surface area contributed by atoms with Crippen LogP contribution in [0.3, 0.4) is 0 Å². The maximum absolute atomic E-state index is 6.23. The number of nitrogens with zero attached hydrogens (tertiary/aromatic N) is 2. The molecular weight excluding hydrogens is 222 g/mol. The fourth-order valence-electron chi connectivity index (χ4n) is 2.37. The highest BCUT2D eigenvalue weighted by atomic mass is 15.1. The van der Waals surface area contributed by atoms with Gasteiger partial charge in [0, 0.05) is 18.9 Å². The van der Waals surface area contributed by atoms with E-state index in [1.54, 1.807) is 0 Å². The van der Waals surface area contributed by atoms with Gasteiger partial charge in [-0.25, -0.2) is 4.98 Å². The van der Waals surface area contributed by atoms with E-state index < -0.39 is 0 Å². The van der Waals surface area contributed by atoms with Crippen LogP contribution < -0.4 is 5.73 Å². The van der Waals surface area contributed by atoms with Crippen LogP contribution in [0.4, 0.5) is 5.82 Å². The number of nitrogens with two attached hydrogens (primary N) is 1. The molecule has 18 heavy (non-hydrogen) atoms. The lowest BCUT2D eigenvalue weighted by atomic mass is 9.98. The quantitative estimate of drug-likeness (QED) is 0.896. The number of hydrogen-bond donors (Lipinski definition) is 1. The van der Waals surface area contributed by atoms with Crippen LogP contribution in [0.15, 0.2) is 30.3 Å². The van der Waals surface area contributed by atoms with Gasteiger partial charge in [-0.05, 0) is 12.5 Å². The molecule has 1 heterocycles. The van der Waals surface area contributed by atoms with Crippen LogP contribution in [0.2, 0.25) is 0 Å². The van der Waals surface area contributed by atoms with E-state index in [1.165, 1.54) is 5.56 Å². The third kappa shape index (κ3) is 2.13. The summed E-state index contributed by atoms with van der Waals surface area (Å²) < 4.78 is 2.11. The van der Waals surface area contributed by atoms with Crippen molar-refractivity contribution in [3.05, 3.63) is 47.4 Å². The summed E-state index contributed by atoms with van der Waals surface area (Å²) in [5.74, 6) is 2.13. The minimum absolute atomic E-state index is 0.240. The molecule has 1 aromatic heterocycles. The molecule has 0 bridgehead atoms. The van der Waals surface area contributed by atoms with Gasteiger partial charge in [-0.2, -0.15) is 0 Å². The number of anilines is 1. The average Bonchev–Trinajstić information content (AvgIpc) is 2.75. The largest absolute Gasteiger partial charge is 0.384 e. The first-order valence-electron chi connectivity index (χ1n) is 6.58. The normalized spacial score (nSPS) is 12.6. The minimum Gasteiger partial charge on any atom is -0.384 e. The molecule has 0 radical (unpaired) electrons. The Morgan fingerprint density at radius 2 is 1.89 bits per heavy atom. The van der Waals surface area contributed by atoms with E-state index >= 15 is 0 Å². The zero-order valence-corrected chi connectivity index (χ0v) is 11.4. The SMILES string of the molecule is CCc1nc(C(C)c2ccccc2)c(N)n1CC. The first-order chi connectivity index (χ1) is 8.69. The van der Waals surface area contributed by atoms with E-state index in [4.69, 9.17) is 10.7 Å². The molecule has 0 saturated heterocycles. The Bertz CT molecular complexity index is 514. The molecule has 0 aliphatic carbocycles. The van der Waals surface area contributed by atoms with Gasteiger partial charge in [-0.15, -0.1) is 0 Å². The van der Waals surface area contributed by atoms with Crippen molar-refractivity contribution in [1.82, 2.24) is 9.55 Å². The first kappa shape index (κ1) is 12.7. The predicted molar refractivity (Wildman–Crippen MR) is 75.7 cm³/mol. The number of aromatic nitrogens is 2. The Morgan fingerprint density at radius 3 is 2.39 bits per heavy atom. The lowest BCUT2D eigenvalue weighted by Gasteiger charge is -2.10. The smallest absolute Gasteiger partial charge is 0.127 e. The number of nitrogen functional groups attached to an aromatic ring is 1. The van der Waals surface area contributed by atoms with Gasteiger partial charge in [0.2, 0.25) is 0 Å². The van der Waals surface area contributed by atoms with E-state index in [-0.39, 0.29) is 5.92 Å². The van der Waals surface area contributed by atoms with Crippen LogP contribution in [0, 0.1) is 0 Å². The summed E-state index contributed by atoms with van der Waals surface area (Å²) in [6.07, 6.45) is 0.916. The summed E-state index contributed by atoms with van der Waals surface area (Å²) in [5.41, 5.74) is 8.49. The molecule has 1 unspecified atom stereocenters. The van der Waals surface area contributed by atoms with Crippen molar-refractivity contribution in [2.75, 3.05) is 5.73 Å². The molecule has 1 atom stereocenters. The summed E-state index contributed by atoms with van der Waals surface area (Å²) in [5, 5.41) is 0. The van der Waals surface area contributed by atoms with Crippen molar-refractivity contribution < 1.29 is 0 Å². The van der Waals surface area contributed by atoms with E-state index in [9.17, 15) is 0 Å². The Hall–Kier alpha value is -1.77. The summed E-state index contributed by atoms with van der Waals surface area (Å²) >= 11 is 0. The number of hydrogen-bond acceptors (Lipinski definition) is 2. The fourth-order valence-corrected chi connectivity index (χ4v) is 2.37. The average molecular weight is 243 g/mol. The molecule has 1 aromatic carbocycles. The molecule has 2 rings (SSSR count). The number of benzene rings is 1. The Morgan fingerprint density at radius 1 is 1.22 bits per heavy atom. The Labute approximate surface area is 109 Å². The van der Waals surface area contributed by atoms with E-state index in [0.717, 1.165) is 30.3 Å². The van der Waals surface area contributed by atoms with Crippen LogP contribution in [0.1, 0.15) is 43.8 Å². The minimum atomic E-state index is 0.240. The summed E-state index contributed by atoms with van der Waals surface area (Å²) in [6.45, 7) is 7.26. The van der Waals surface area contributed by atoms with Crippen LogP contribution in [-0.2, 0) is 13.0 Å². The van der Waals surface area contributed by atoms with E-state index in [1.807, 2.05) is 6.07 Å². The van der Waals surface area contributed by atoms with E-state index in [2.05, 4.69) is 49.6 Å². The summed E-state index contributed by atoms with van der Waals surface area (Å²) in [4.78, 5) is 4.71. The molecule has 2 N–H and O–H groups in total. The second-order valence-electron chi connectivity index (χ2n) is 4.53. The van der Waals surface area contributed by atoms with Gasteiger partial charge >= 0.3 is 0 Å². The second-order valence-corrected chi connectivity index (χ2v) is 4.53. The van der Waals surface area contributed by atoms with Crippen molar-refractivity contribution >= 4 is 5.82 Å². The fraction of sp³-hybridized carbons (Fsp3) is 0.400. The Balaban J connectivity index is 2.42. The van der Waals surface area contributed by atoms with E-state index in [0.29, 0.717) is 0 Å². The van der Waals surface area contributed by atoms with Gasteiger partial charge in [-0.1, -0.05) is 44.2 Å². The van der Waals surface area contributed by atoms with Crippen LogP contribution >= 0.6 is 0 Å². The highest BCUT2D eigenvalue weighted by Crippen LogP contribution is 2.28. The lowest BCUT2D eigenvalue weighted by Crippen LogP contribution is -2.06. The molecular formula is C15H21N3. The van der Waals surface area contributed by atoms with Crippen molar-refractivity contribution in [2.24, 2.45) is 0 Å². The standard InChI is InChI=1S/C15H21N3/c1-4-13-17-14(15(16)18(13)5-2)11(3)12-9-7-6-8-10-12/h6-11H,4-5,16H2,1-3H3. The third-order valence-corrected chi connectivity index (χ3v) is 3.46. The highest BCUT2D eigenvalue weighted by Gasteiger charge is 2.18. The topological polar surface area (TPSA) is 43.8 Å². The van der Waals surface area contributed by atoms with Gasteiger partial charge in [-0.3, -0.25) is 0 Å². The molecule has 0 saturated carbocycles. The maximum atomic E-state index is 6.23. The first-order valence-corrected chi connectivity index (χ1v) is 6.58. The molecule has 0 fully saturated rings. The van der Waals surface area contributed by atoms with Gasteiger partial charge in [0.25, 0.3) is 0 Å². The molecule has 2 aromatic rings. The second kappa shape index (κ2) is 5.25. The molecule has 96 valence electrons. The summed E-state index contributed by atoms with van der Waals surface area (Å²) in [6, 6.07) is 10.4. The zero-order valence-electron chi connectivity index (χ0n) is 11.4. The van der Waals surface area contributed by atoms with Crippen molar-refractivity contribution in [2.45, 2.75) is 39.7 Å². The van der Waals surface area contributed by atoms with Gasteiger partial charge < -0.3 is 10.3 Å². The predicted octanol–water partition coefficient (Wildman–Crippen LogP) is 3.20. The van der Waals surface area contributed by atoms with Gasteiger partial charge in [0.1, 0.15) is 11.6 Å². The van der Waals surface area contributed by atoms with Crippen molar-refractivity contribution in [3.63, 3.8) is 0 Å². The van der Waals surface area contributed by atoms with Gasteiger partial charge in [0.05, 0.1) is 5.69 Å². The molecule has 0 spiro atoms. The summed E-state index contributed by atoms with van der Waals surface area (Å²) in [7, 11) is 0. The van der Waals surface area contributed by atoms with Gasteiger partial charge in [0.15, 0.2) is 0 Å². The molecule has 3 heteroatoms. The highest BCUT2D eigenvalue weighted by molar-refractivity contribution is 5.44. The monoisotopic (exact) mass is 243 g/mol. The maximum Gasteiger partial charge on any atom is 0.127 e. The molecule has 0 amide bonds. The Kier molecular flexibility index (Phi) is 3.70. The van der Waals surface area contributed by atoms with Crippen LogP contribution in [0.25, 0.3) is 0 Å². The lowest BCUT2D eigenvalue weighted by molar-refractivity contribution is 0.713. The van der Waals surface area contributed by atoms with Crippen LogP contribution in [-0.4, -0.2) is 9.55 Å². The number of aryl methyl sites for hydroxylation is 1. The number of imidazole rings is 1. The zero-order chi connectivity index (χ0) is 13.1.